The zero-order chi connectivity index (χ0) is 16.9. The molecule has 9 heteroatoms. The Morgan fingerprint density at radius 3 is 2.83 bits per heavy atom. The second-order valence-electron chi connectivity index (χ2n) is 5.67. The number of sulfone groups is 1. The summed E-state index contributed by atoms with van der Waals surface area (Å²) in [6.07, 6.45) is 4.43. The maximum Gasteiger partial charge on any atom is 0.223 e. The highest BCUT2D eigenvalue weighted by Gasteiger charge is 2.25. The van der Waals surface area contributed by atoms with Crippen LogP contribution in [0.15, 0.2) is 11.1 Å². The Balaban J connectivity index is 2.17. The number of carbonyl (C=O) groups is 1. The van der Waals surface area contributed by atoms with Crippen molar-refractivity contribution in [1.29, 1.82) is 0 Å². The van der Waals surface area contributed by atoms with E-state index in [2.05, 4.69) is 25.9 Å². The number of piperidine rings is 1. The van der Waals surface area contributed by atoms with E-state index in [1.807, 2.05) is 0 Å². The highest BCUT2D eigenvalue weighted by atomic mass is 32.2. The van der Waals surface area contributed by atoms with Crippen molar-refractivity contribution >= 4 is 21.7 Å². The molecule has 1 aromatic heterocycles. The van der Waals surface area contributed by atoms with Crippen molar-refractivity contribution < 1.29 is 13.2 Å². The maximum atomic E-state index is 12.0. The lowest BCUT2D eigenvalue weighted by atomic mass is 9.96. The molecule has 3 N–H and O–H groups in total. The first-order valence-electron chi connectivity index (χ1n) is 7.64. The van der Waals surface area contributed by atoms with Crippen molar-refractivity contribution in [3.05, 3.63) is 11.9 Å². The summed E-state index contributed by atoms with van der Waals surface area (Å²) in [7, 11) is -3.37. The van der Waals surface area contributed by atoms with Crippen LogP contribution in [0.3, 0.4) is 0 Å². The standard InChI is InChI=1S/C14H23N5O3S/c1-10(20)16-6-7-17-14-18-9-12(23(2,21)22)13(19-14)11-4-3-5-15-8-11/h9,11,15H,3-8H2,1-2H3,(H,16,20)(H,17,18,19)/t11-/m0/s1. The zero-order valence-electron chi connectivity index (χ0n) is 13.4. The van der Waals surface area contributed by atoms with Crippen LogP contribution in [0.1, 0.15) is 31.4 Å². The average molecular weight is 341 g/mol. The third-order valence-corrected chi connectivity index (χ3v) is 4.76. The Labute approximate surface area is 136 Å². The van der Waals surface area contributed by atoms with Gasteiger partial charge in [-0.15, -0.1) is 0 Å². The molecular weight excluding hydrogens is 318 g/mol. The van der Waals surface area contributed by atoms with Crippen molar-refractivity contribution in [2.75, 3.05) is 37.8 Å². The van der Waals surface area contributed by atoms with Crippen LogP contribution in [0, 0.1) is 0 Å². The van der Waals surface area contributed by atoms with Crippen LogP contribution in [0.4, 0.5) is 5.95 Å². The van der Waals surface area contributed by atoms with Crippen molar-refractivity contribution in [3.8, 4) is 0 Å². The number of rotatable bonds is 6. The molecule has 8 nitrogen and oxygen atoms in total. The maximum absolute atomic E-state index is 12.0. The molecule has 1 aliphatic rings. The molecule has 2 heterocycles. The van der Waals surface area contributed by atoms with Gasteiger partial charge < -0.3 is 16.0 Å². The van der Waals surface area contributed by atoms with Crippen LogP contribution in [0.2, 0.25) is 0 Å². The third kappa shape index (κ3) is 5.14. The van der Waals surface area contributed by atoms with E-state index in [0.717, 1.165) is 19.4 Å². The summed E-state index contributed by atoms with van der Waals surface area (Å²) >= 11 is 0. The van der Waals surface area contributed by atoms with E-state index in [1.54, 1.807) is 0 Å². The molecular formula is C14H23N5O3S. The largest absolute Gasteiger partial charge is 0.355 e. The Hall–Kier alpha value is -1.74. The van der Waals surface area contributed by atoms with Crippen LogP contribution in [-0.4, -0.2) is 56.7 Å². The molecule has 0 radical (unpaired) electrons. The number of hydrogen-bond donors (Lipinski definition) is 3. The van der Waals surface area contributed by atoms with E-state index in [4.69, 9.17) is 0 Å². The highest BCUT2D eigenvalue weighted by molar-refractivity contribution is 7.90. The molecule has 0 spiro atoms. The number of nitrogens with zero attached hydrogens (tertiary/aromatic N) is 2. The molecule has 0 bridgehead atoms. The smallest absolute Gasteiger partial charge is 0.223 e. The van der Waals surface area contributed by atoms with E-state index >= 15 is 0 Å². The van der Waals surface area contributed by atoms with Gasteiger partial charge >= 0.3 is 0 Å². The molecule has 2 rings (SSSR count). The van der Waals surface area contributed by atoms with E-state index in [1.165, 1.54) is 19.4 Å². The molecule has 0 saturated carbocycles. The summed E-state index contributed by atoms with van der Waals surface area (Å²) in [4.78, 5) is 19.5. The van der Waals surface area contributed by atoms with Crippen LogP contribution >= 0.6 is 0 Å². The van der Waals surface area contributed by atoms with Gasteiger partial charge in [0.15, 0.2) is 9.84 Å². The van der Waals surface area contributed by atoms with Crippen molar-refractivity contribution in [1.82, 2.24) is 20.6 Å². The SMILES string of the molecule is CC(=O)NCCNc1ncc(S(C)(=O)=O)c([C@H]2CCCNC2)n1. The van der Waals surface area contributed by atoms with E-state index in [9.17, 15) is 13.2 Å². The molecule has 1 fully saturated rings. The molecule has 1 saturated heterocycles. The zero-order valence-corrected chi connectivity index (χ0v) is 14.2. The summed E-state index contributed by atoms with van der Waals surface area (Å²) in [5.41, 5.74) is 0.566. The summed E-state index contributed by atoms with van der Waals surface area (Å²) < 4.78 is 23.9. The van der Waals surface area contributed by atoms with Crippen LogP contribution in [-0.2, 0) is 14.6 Å². The summed E-state index contributed by atoms with van der Waals surface area (Å²) in [6, 6.07) is 0. The van der Waals surface area contributed by atoms with Gasteiger partial charge in [-0.25, -0.2) is 18.4 Å². The molecule has 128 valence electrons. The lowest BCUT2D eigenvalue weighted by Crippen LogP contribution is -2.30. The van der Waals surface area contributed by atoms with Crippen LogP contribution in [0.5, 0.6) is 0 Å². The van der Waals surface area contributed by atoms with Gasteiger partial charge in [0.25, 0.3) is 0 Å². The molecule has 23 heavy (non-hydrogen) atoms. The summed E-state index contributed by atoms with van der Waals surface area (Å²) in [6.45, 7) is 4.03. The number of carbonyl (C=O) groups excluding carboxylic acids is 1. The van der Waals surface area contributed by atoms with Gasteiger partial charge in [0.05, 0.1) is 11.9 Å². The van der Waals surface area contributed by atoms with Gasteiger partial charge in [-0.3, -0.25) is 4.79 Å². The van der Waals surface area contributed by atoms with Crippen LogP contribution < -0.4 is 16.0 Å². The number of hydrogen-bond acceptors (Lipinski definition) is 7. The Morgan fingerprint density at radius 1 is 1.43 bits per heavy atom. The van der Waals surface area contributed by atoms with Crippen molar-refractivity contribution in [2.24, 2.45) is 0 Å². The molecule has 0 aromatic carbocycles. The monoisotopic (exact) mass is 341 g/mol. The van der Waals surface area contributed by atoms with Gasteiger partial charge in [0.2, 0.25) is 11.9 Å². The fourth-order valence-corrected chi connectivity index (χ4v) is 3.38. The minimum absolute atomic E-state index is 0.0624. The normalized spacial score (nSPS) is 18.4. The lowest BCUT2D eigenvalue weighted by Gasteiger charge is -2.24. The molecule has 0 aliphatic carbocycles. The summed E-state index contributed by atoms with van der Waals surface area (Å²) in [5, 5.41) is 8.95. The van der Waals surface area contributed by atoms with Crippen molar-refractivity contribution in [2.45, 2.75) is 30.6 Å². The molecule has 1 aromatic rings. The van der Waals surface area contributed by atoms with E-state index < -0.39 is 9.84 Å². The fourth-order valence-electron chi connectivity index (χ4n) is 2.55. The quantitative estimate of drug-likeness (QED) is 0.619. The Morgan fingerprint density at radius 2 is 2.22 bits per heavy atom. The first kappa shape index (κ1) is 17.6. The summed E-state index contributed by atoms with van der Waals surface area (Å²) in [5.74, 6) is 0.338. The molecule has 1 amide bonds. The topological polar surface area (TPSA) is 113 Å². The Kier molecular flexibility index (Phi) is 5.89. The third-order valence-electron chi connectivity index (χ3n) is 3.65. The Bertz CT molecular complexity index is 656. The lowest BCUT2D eigenvalue weighted by molar-refractivity contribution is -0.118. The highest BCUT2D eigenvalue weighted by Crippen LogP contribution is 2.27. The minimum Gasteiger partial charge on any atom is -0.355 e. The average Bonchev–Trinajstić information content (AvgIpc) is 2.51. The minimum atomic E-state index is -3.37. The van der Waals surface area contributed by atoms with E-state index in [0.29, 0.717) is 31.3 Å². The van der Waals surface area contributed by atoms with Gasteiger partial charge in [-0.1, -0.05) is 0 Å². The van der Waals surface area contributed by atoms with Gasteiger partial charge in [-0.05, 0) is 19.4 Å². The number of nitrogens with one attached hydrogen (secondary N) is 3. The molecule has 1 aliphatic heterocycles. The number of aromatic nitrogens is 2. The predicted octanol–water partition coefficient (Wildman–Crippen LogP) is -0.105. The predicted molar refractivity (Wildman–Crippen MR) is 87.2 cm³/mol. The first-order valence-corrected chi connectivity index (χ1v) is 9.53. The number of amides is 1. The van der Waals surface area contributed by atoms with Gasteiger partial charge in [-0.2, -0.15) is 0 Å². The second-order valence-corrected chi connectivity index (χ2v) is 7.65. The van der Waals surface area contributed by atoms with Crippen molar-refractivity contribution in [3.63, 3.8) is 0 Å². The second kappa shape index (κ2) is 7.69. The first-order chi connectivity index (χ1) is 10.9. The van der Waals surface area contributed by atoms with Crippen LogP contribution in [0.25, 0.3) is 0 Å². The fraction of sp³-hybridized carbons (Fsp3) is 0.643. The van der Waals surface area contributed by atoms with Gasteiger partial charge in [0, 0.05) is 38.7 Å². The molecule has 1 atom stereocenters. The number of anilines is 1. The van der Waals surface area contributed by atoms with Gasteiger partial charge in [0.1, 0.15) is 4.90 Å². The molecule has 0 unspecified atom stereocenters. The van der Waals surface area contributed by atoms with E-state index in [-0.39, 0.29) is 16.7 Å².